The van der Waals surface area contributed by atoms with Gasteiger partial charge in [0.25, 0.3) is 5.91 Å². The van der Waals surface area contributed by atoms with Crippen LogP contribution in [0.25, 0.3) is 0 Å². The number of ether oxygens (including phenoxy) is 1. The zero-order valence-corrected chi connectivity index (χ0v) is 18.8. The lowest BCUT2D eigenvalue weighted by atomic mass is 9.98. The molecule has 0 spiro atoms. The van der Waals surface area contributed by atoms with Crippen molar-refractivity contribution in [1.82, 2.24) is 14.8 Å². The van der Waals surface area contributed by atoms with E-state index in [0.717, 1.165) is 48.8 Å². The number of hydrazone groups is 1. The van der Waals surface area contributed by atoms with Crippen LogP contribution in [0.2, 0.25) is 0 Å². The van der Waals surface area contributed by atoms with Gasteiger partial charge in [-0.05, 0) is 44.2 Å². The van der Waals surface area contributed by atoms with Gasteiger partial charge in [-0.1, -0.05) is 42.0 Å². The van der Waals surface area contributed by atoms with E-state index in [1.54, 1.807) is 5.01 Å². The Morgan fingerprint density at radius 3 is 2.35 bits per heavy atom. The summed E-state index contributed by atoms with van der Waals surface area (Å²) in [6.45, 7) is 8.92. The van der Waals surface area contributed by atoms with E-state index in [-0.39, 0.29) is 11.9 Å². The molecule has 0 bridgehead atoms. The van der Waals surface area contributed by atoms with Crippen LogP contribution in [0.5, 0.6) is 5.75 Å². The van der Waals surface area contributed by atoms with Gasteiger partial charge in [-0.3, -0.25) is 9.69 Å². The minimum absolute atomic E-state index is 0.0607. The number of nitrogens with zero attached hydrogens (tertiary/aromatic N) is 4. The maximum atomic E-state index is 13.3. The third-order valence-corrected chi connectivity index (χ3v) is 6.08. The summed E-state index contributed by atoms with van der Waals surface area (Å²) >= 11 is 0. The second kappa shape index (κ2) is 9.62. The molecule has 0 unspecified atom stereocenters. The van der Waals surface area contributed by atoms with Crippen molar-refractivity contribution < 1.29 is 9.53 Å². The standard InChI is InChI=1S/C25H32N4O2/c1-4-31-22-11-9-21(10-12-22)24-17-23(20-7-5-19(2)6-8-20)26-29(24)25(30)18-28-15-13-27(3)14-16-28/h5-12,24H,4,13-18H2,1-3H3/t24-/m1/s1. The normalized spacial score (nSPS) is 20.0. The molecule has 4 rings (SSSR count). The highest BCUT2D eigenvalue weighted by Crippen LogP contribution is 2.34. The summed E-state index contributed by atoms with van der Waals surface area (Å²) in [6.07, 6.45) is 0.714. The molecule has 1 saturated heterocycles. The van der Waals surface area contributed by atoms with Crippen LogP contribution in [0, 0.1) is 6.92 Å². The van der Waals surface area contributed by atoms with Crippen molar-refractivity contribution in [1.29, 1.82) is 0 Å². The highest BCUT2D eigenvalue weighted by Gasteiger charge is 2.34. The summed E-state index contributed by atoms with van der Waals surface area (Å²) < 4.78 is 5.59. The van der Waals surface area contributed by atoms with Crippen molar-refractivity contribution in [3.63, 3.8) is 0 Å². The fourth-order valence-corrected chi connectivity index (χ4v) is 4.14. The van der Waals surface area contributed by atoms with Crippen molar-refractivity contribution in [2.45, 2.75) is 26.3 Å². The molecule has 2 heterocycles. The van der Waals surface area contributed by atoms with E-state index in [0.29, 0.717) is 19.6 Å². The van der Waals surface area contributed by atoms with Crippen LogP contribution in [0.15, 0.2) is 53.6 Å². The Morgan fingerprint density at radius 2 is 1.71 bits per heavy atom. The summed E-state index contributed by atoms with van der Waals surface area (Å²) in [7, 11) is 2.12. The number of carbonyl (C=O) groups excluding carboxylic acids is 1. The molecule has 6 nitrogen and oxygen atoms in total. The first kappa shape index (κ1) is 21.5. The summed E-state index contributed by atoms with van der Waals surface area (Å²) in [4.78, 5) is 17.9. The van der Waals surface area contributed by atoms with Crippen LogP contribution >= 0.6 is 0 Å². The summed E-state index contributed by atoms with van der Waals surface area (Å²) in [5, 5.41) is 6.53. The summed E-state index contributed by atoms with van der Waals surface area (Å²) in [5.74, 6) is 0.907. The Labute approximate surface area is 185 Å². The average Bonchev–Trinajstić information content (AvgIpc) is 3.22. The van der Waals surface area contributed by atoms with E-state index >= 15 is 0 Å². The van der Waals surface area contributed by atoms with Gasteiger partial charge in [0.05, 0.1) is 24.9 Å². The number of likely N-dealkylation sites (N-methyl/N-ethyl adjacent to an activating group) is 1. The third-order valence-electron chi connectivity index (χ3n) is 6.08. The van der Waals surface area contributed by atoms with E-state index < -0.39 is 0 Å². The molecule has 2 aromatic carbocycles. The lowest BCUT2D eigenvalue weighted by Crippen LogP contribution is -2.48. The number of hydrogen-bond donors (Lipinski definition) is 0. The monoisotopic (exact) mass is 420 g/mol. The predicted octanol–water partition coefficient (Wildman–Crippen LogP) is 3.32. The summed E-state index contributed by atoms with van der Waals surface area (Å²) in [6, 6.07) is 16.4. The number of carbonyl (C=O) groups is 1. The van der Waals surface area contributed by atoms with Crippen LogP contribution in [0.4, 0.5) is 0 Å². The fraction of sp³-hybridized carbons (Fsp3) is 0.440. The highest BCUT2D eigenvalue weighted by molar-refractivity contribution is 6.03. The Kier molecular flexibility index (Phi) is 6.68. The van der Waals surface area contributed by atoms with Crippen LogP contribution < -0.4 is 4.74 Å². The molecule has 2 aliphatic rings. The quantitative estimate of drug-likeness (QED) is 0.719. The second-order valence-electron chi connectivity index (χ2n) is 8.45. The number of benzene rings is 2. The molecule has 0 aromatic heterocycles. The van der Waals surface area contributed by atoms with Crippen LogP contribution in [0.1, 0.15) is 36.1 Å². The molecule has 2 aromatic rings. The number of aryl methyl sites for hydroxylation is 1. The van der Waals surface area contributed by atoms with Gasteiger partial charge in [0, 0.05) is 32.6 Å². The molecule has 31 heavy (non-hydrogen) atoms. The number of amides is 1. The smallest absolute Gasteiger partial charge is 0.257 e. The van der Waals surface area contributed by atoms with Gasteiger partial charge in [0.15, 0.2) is 0 Å². The minimum Gasteiger partial charge on any atom is -0.494 e. The molecule has 2 aliphatic heterocycles. The van der Waals surface area contributed by atoms with Crippen molar-refractivity contribution in [2.24, 2.45) is 5.10 Å². The molecule has 0 aliphatic carbocycles. The lowest BCUT2D eigenvalue weighted by molar-refractivity contribution is -0.134. The first-order chi connectivity index (χ1) is 15.0. The molecule has 1 fully saturated rings. The molecule has 164 valence electrons. The Bertz CT molecular complexity index is 916. The largest absolute Gasteiger partial charge is 0.494 e. The lowest BCUT2D eigenvalue weighted by Gasteiger charge is -2.33. The molecule has 1 atom stereocenters. The van der Waals surface area contributed by atoms with Crippen molar-refractivity contribution in [3.8, 4) is 5.75 Å². The Balaban J connectivity index is 1.56. The number of rotatable bonds is 6. The van der Waals surface area contributed by atoms with Gasteiger partial charge >= 0.3 is 0 Å². The zero-order chi connectivity index (χ0) is 21.8. The van der Waals surface area contributed by atoms with E-state index in [9.17, 15) is 4.79 Å². The maximum absolute atomic E-state index is 13.3. The maximum Gasteiger partial charge on any atom is 0.257 e. The van der Waals surface area contributed by atoms with Gasteiger partial charge in [-0.2, -0.15) is 5.10 Å². The topological polar surface area (TPSA) is 48.4 Å². The van der Waals surface area contributed by atoms with E-state index in [1.807, 2.05) is 19.1 Å². The molecular formula is C25H32N4O2. The van der Waals surface area contributed by atoms with Crippen molar-refractivity contribution in [2.75, 3.05) is 46.4 Å². The van der Waals surface area contributed by atoms with Gasteiger partial charge in [-0.15, -0.1) is 0 Å². The zero-order valence-electron chi connectivity index (χ0n) is 18.8. The third kappa shape index (κ3) is 5.14. The second-order valence-corrected chi connectivity index (χ2v) is 8.45. The number of hydrogen-bond acceptors (Lipinski definition) is 5. The van der Waals surface area contributed by atoms with Crippen molar-refractivity contribution in [3.05, 3.63) is 65.2 Å². The van der Waals surface area contributed by atoms with Crippen LogP contribution in [-0.4, -0.2) is 72.8 Å². The first-order valence-corrected chi connectivity index (χ1v) is 11.1. The van der Waals surface area contributed by atoms with E-state index in [2.05, 4.69) is 60.2 Å². The molecule has 0 N–H and O–H groups in total. The van der Waals surface area contributed by atoms with E-state index in [4.69, 9.17) is 9.84 Å². The van der Waals surface area contributed by atoms with Crippen LogP contribution in [-0.2, 0) is 4.79 Å². The summed E-state index contributed by atoms with van der Waals surface area (Å²) in [5.41, 5.74) is 4.34. The first-order valence-electron chi connectivity index (χ1n) is 11.1. The predicted molar refractivity (Wildman–Crippen MR) is 123 cm³/mol. The van der Waals surface area contributed by atoms with Gasteiger partial charge in [0.2, 0.25) is 0 Å². The van der Waals surface area contributed by atoms with Crippen LogP contribution in [0.3, 0.4) is 0 Å². The molecular weight excluding hydrogens is 388 g/mol. The molecule has 1 amide bonds. The van der Waals surface area contributed by atoms with E-state index in [1.165, 1.54) is 5.56 Å². The minimum atomic E-state index is -0.0908. The van der Waals surface area contributed by atoms with Gasteiger partial charge in [0.1, 0.15) is 5.75 Å². The van der Waals surface area contributed by atoms with Gasteiger partial charge < -0.3 is 9.64 Å². The SMILES string of the molecule is CCOc1ccc([C@H]2CC(c3ccc(C)cc3)=NN2C(=O)CN2CCN(C)CC2)cc1. The Morgan fingerprint density at radius 1 is 1.03 bits per heavy atom. The van der Waals surface area contributed by atoms with Gasteiger partial charge in [-0.25, -0.2) is 5.01 Å². The van der Waals surface area contributed by atoms with Crippen molar-refractivity contribution >= 4 is 11.6 Å². The average molecular weight is 421 g/mol. The molecule has 0 radical (unpaired) electrons. The molecule has 6 heteroatoms. The highest BCUT2D eigenvalue weighted by atomic mass is 16.5. The molecule has 0 saturated carbocycles. The fourth-order valence-electron chi connectivity index (χ4n) is 4.14. The number of piperazine rings is 1. The Hall–Kier alpha value is -2.70.